The first-order valence-electron chi connectivity index (χ1n) is 7.06. The van der Waals surface area contributed by atoms with Gasteiger partial charge in [-0.3, -0.25) is 10.1 Å². The number of nitrogens with zero attached hydrogens (tertiary/aromatic N) is 2. The summed E-state index contributed by atoms with van der Waals surface area (Å²) in [6.45, 7) is 0.188. The summed E-state index contributed by atoms with van der Waals surface area (Å²) in [5.41, 5.74) is 1.63. The maximum atomic E-state index is 11.4. The van der Waals surface area contributed by atoms with E-state index >= 15 is 0 Å². The molecule has 0 spiro atoms. The van der Waals surface area contributed by atoms with Gasteiger partial charge in [0.2, 0.25) is 0 Å². The second-order valence-electron chi connectivity index (χ2n) is 4.92. The molecule has 0 atom stereocenters. The lowest BCUT2D eigenvalue weighted by atomic mass is 10.1. The van der Waals surface area contributed by atoms with Crippen LogP contribution in [0.1, 0.15) is 0 Å². The molecule has 0 unspecified atom stereocenters. The zero-order chi connectivity index (χ0) is 16.4. The van der Waals surface area contributed by atoms with Crippen molar-refractivity contribution in [2.45, 2.75) is 0 Å². The number of nitro groups is 1. The second-order valence-corrected chi connectivity index (χ2v) is 4.92. The summed E-state index contributed by atoms with van der Waals surface area (Å²) in [6, 6.07) is 10.3. The minimum Gasteiger partial charge on any atom is -0.494 e. The van der Waals surface area contributed by atoms with E-state index in [-0.39, 0.29) is 18.8 Å². The molecule has 0 aliphatic heterocycles. The number of non-ortho nitro benzene ring substituents is 1. The Bertz CT molecular complexity index is 895. The predicted octanol–water partition coefficient (Wildman–Crippen LogP) is 2.71. The van der Waals surface area contributed by atoms with E-state index in [2.05, 4.69) is 10.3 Å². The fourth-order valence-electron chi connectivity index (χ4n) is 2.64. The molecule has 1 heterocycles. The second kappa shape index (κ2) is 6.05. The van der Waals surface area contributed by atoms with Crippen LogP contribution in [0, 0.1) is 10.1 Å². The number of nitrogens with one attached hydrogen (secondary N) is 1. The Kier molecular flexibility index (Phi) is 3.94. The Balaban J connectivity index is 2.49. The SMILES string of the molecule is COc1ccc([N+](=O)[O-])c2c(NCCO)c3ccccc3nc12. The minimum atomic E-state index is -0.442. The van der Waals surface area contributed by atoms with E-state index in [0.29, 0.717) is 27.9 Å². The molecule has 118 valence electrons. The van der Waals surface area contributed by atoms with Crippen molar-refractivity contribution in [2.24, 2.45) is 0 Å². The Morgan fingerprint density at radius 1 is 1.30 bits per heavy atom. The predicted molar refractivity (Wildman–Crippen MR) is 88.0 cm³/mol. The van der Waals surface area contributed by atoms with Crippen molar-refractivity contribution >= 4 is 33.2 Å². The highest BCUT2D eigenvalue weighted by molar-refractivity contribution is 6.12. The Morgan fingerprint density at radius 2 is 2.09 bits per heavy atom. The third-order valence-corrected chi connectivity index (χ3v) is 3.60. The first kappa shape index (κ1) is 15.0. The molecule has 0 aliphatic carbocycles. The summed E-state index contributed by atoms with van der Waals surface area (Å²) in [5, 5.41) is 24.8. The van der Waals surface area contributed by atoms with Gasteiger partial charge in [0.15, 0.2) is 0 Å². The van der Waals surface area contributed by atoms with E-state index < -0.39 is 4.92 Å². The lowest BCUT2D eigenvalue weighted by Gasteiger charge is -2.14. The first-order valence-corrected chi connectivity index (χ1v) is 7.06. The number of para-hydroxylation sites is 1. The van der Waals surface area contributed by atoms with Crippen molar-refractivity contribution in [1.82, 2.24) is 4.98 Å². The molecule has 2 aromatic carbocycles. The van der Waals surface area contributed by atoms with Gasteiger partial charge in [-0.25, -0.2) is 4.98 Å². The molecule has 7 heteroatoms. The van der Waals surface area contributed by atoms with Gasteiger partial charge in [-0.2, -0.15) is 0 Å². The van der Waals surface area contributed by atoms with E-state index in [1.165, 1.54) is 19.2 Å². The number of aromatic nitrogens is 1. The van der Waals surface area contributed by atoms with Gasteiger partial charge in [0.1, 0.15) is 16.7 Å². The van der Waals surface area contributed by atoms with Crippen LogP contribution in [-0.4, -0.2) is 35.3 Å². The number of aliphatic hydroxyl groups is 1. The van der Waals surface area contributed by atoms with Gasteiger partial charge in [-0.05, 0) is 12.1 Å². The fourth-order valence-corrected chi connectivity index (χ4v) is 2.64. The molecule has 0 radical (unpaired) electrons. The average molecular weight is 313 g/mol. The van der Waals surface area contributed by atoms with Crippen LogP contribution in [0.15, 0.2) is 36.4 Å². The molecule has 0 amide bonds. The van der Waals surface area contributed by atoms with E-state index in [1.54, 1.807) is 0 Å². The summed E-state index contributed by atoms with van der Waals surface area (Å²) in [4.78, 5) is 15.5. The molecular formula is C16H15N3O4. The minimum absolute atomic E-state index is 0.0560. The highest BCUT2D eigenvalue weighted by Gasteiger charge is 2.21. The molecule has 1 aromatic heterocycles. The smallest absolute Gasteiger partial charge is 0.281 e. The third-order valence-electron chi connectivity index (χ3n) is 3.60. The molecule has 0 saturated carbocycles. The Morgan fingerprint density at radius 3 is 2.78 bits per heavy atom. The number of nitro benzene ring substituents is 1. The van der Waals surface area contributed by atoms with Crippen molar-refractivity contribution in [3.63, 3.8) is 0 Å². The van der Waals surface area contributed by atoms with Gasteiger partial charge in [0.25, 0.3) is 5.69 Å². The number of rotatable bonds is 5. The lowest BCUT2D eigenvalue weighted by Crippen LogP contribution is -2.08. The van der Waals surface area contributed by atoms with Crippen molar-refractivity contribution in [1.29, 1.82) is 0 Å². The van der Waals surface area contributed by atoms with Crippen molar-refractivity contribution in [3.05, 3.63) is 46.5 Å². The van der Waals surface area contributed by atoms with Crippen molar-refractivity contribution in [3.8, 4) is 5.75 Å². The summed E-state index contributed by atoms with van der Waals surface area (Å²) in [7, 11) is 1.50. The topological polar surface area (TPSA) is 97.5 Å². The van der Waals surface area contributed by atoms with Crippen LogP contribution in [0.25, 0.3) is 21.8 Å². The molecule has 2 N–H and O–H groups in total. The maximum Gasteiger partial charge on any atom is 0.281 e. The number of hydrogen-bond acceptors (Lipinski definition) is 6. The van der Waals surface area contributed by atoms with E-state index in [0.717, 1.165) is 5.39 Å². The number of fused-ring (bicyclic) bond motifs is 2. The summed E-state index contributed by atoms with van der Waals surface area (Å²) >= 11 is 0. The number of pyridine rings is 1. The molecule has 3 rings (SSSR count). The van der Waals surface area contributed by atoms with Gasteiger partial charge in [0, 0.05) is 18.0 Å². The van der Waals surface area contributed by atoms with Crippen LogP contribution in [0.2, 0.25) is 0 Å². The largest absolute Gasteiger partial charge is 0.494 e. The van der Waals surface area contributed by atoms with Gasteiger partial charge < -0.3 is 15.2 Å². The van der Waals surface area contributed by atoms with Gasteiger partial charge in [-0.15, -0.1) is 0 Å². The molecule has 23 heavy (non-hydrogen) atoms. The molecule has 0 bridgehead atoms. The van der Waals surface area contributed by atoms with Crippen LogP contribution in [0.4, 0.5) is 11.4 Å². The first-order chi connectivity index (χ1) is 11.2. The Labute approximate surface area is 131 Å². The highest BCUT2D eigenvalue weighted by atomic mass is 16.6. The van der Waals surface area contributed by atoms with Crippen molar-refractivity contribution in [2.75, 3.05) is 25.6 Å². The molecule has 0 fully saturated rings. The lowest BCUT2D eigenvalue weighted by molar-refractivity contribution is -0.383. The van der Waals surface area contributed by atoms with Gasteiger partial charge in [-0.1, -0.05) is 18.2 Å². The van der Waals surface area contributed by atoms with Gasteiger partial charge >= 0.3 is 0 Å². The number of methoxy groups -OCH3 is 1. The number of aliphatic hydroxyl groups excluding tert-OH is 1. The van der Waals surface area contributed by atoms with Gasteiger partial charge in [0.05, 0.1) is 29.8 Å². The molecule has 7 nitrogen and oxygen atoms in total. The van der Waals surface area contributed by atoms with Crippen LogP contribution in [0.3, 0.4) is 0 Å². The number of hydrogen-bond donors (Lipinski definition) is 2. The quantitative estimate of drug-likeness (QED) is 0.427. The summed E-state index contributed by atoms with van der Waals surface area (Å²) in [6.07, 6.45) is 0. The zero-order valence-corrected chi connectivity index (χ0v) is 12.4. The number of ether oxygens (including phenoxy) is 1. The van der Waals surface area contributed by atoms with E-state index in [9.17, 15) is 10.1 Å². The molecule has 0 saturated heterocycles. The van der Waals surface area contributed by atoms with E-state index in [4.69, 9.17) is 9.84 Å². The summed E-state index contributed by atoms with van der Waals surface area (Å²) in [5.74, 6) is 0.461. The molecular weight excluding hydrogens is 298 g/mol. The van der Waals surface area contributed by atoms with Crippen LogP contribution >= 0.6 is 0 Å². The number of benzene rings is 2. The molecule has 3 aromatic rings. The standard InChI is InChI=1S/C16H15N3O4/c1-23-13-7-6-12(19(21)22)14-15(17-8-9-20)10-4-2-3-5-11(10)18-16(13)14/h2-7,20H,8-9H2,1H3,(H,17,18). The normalized spacial score (nSPS) is 10.9. The van der Waals surface area contributed by atoms with Crippen LogP contribution in [-0.2, 0) is 0 Å². The van der Waals surface area contributed by atoms with E-state index in [1.807, 2.05) is 24.3 Å². The third kappa shape index (κ3) is 2.51. The zero-order valence-electron chi connectivity index (χ0n) is 12.4. The van der Waals surface area contributed by atoms with Crippen molar-refractivity contribution < 1.29 is 14.8 Å². The fraction of sp³-hybridized carbons (Fsp3) is 0.188. The summed E-state index contributed by atoms with van der Waals surface area (Å²) < 4.78 is 5.31. The number of anilines is 1. The molecule has 0 aliphatic rings. The maximum absolute atomic E-state index is 11.4. The Hall–Kier alpha value is -2.93. The monoisotopic (exact) mass is 313 g/mol. The average Bonchev–Trinajstić information content (AvgIpc) is 2.57. The van der Waals surface area contributed by atoms with Crippen LogP contribution < -0.4 is 10.1 Å². The highest BCUT2D eigenvalue weighted by Crippen LogP contribution is 2.40. The van der Waals surface area contributed by atoms with Crippen LogP contribution in [0.5, 0.6) is 5.75 Å².